The first-order valence-corrected chi connectivity index (χ1v) is 6.46. The summed E-state index contributed by atoms with van der Waals surface area (Å²) in [5, 5.41) is 4.05. The van der Waals surface area contributed by atoms with Crippen LogP contribution in [0.25, 0.3) is 10.9 Å². The number of nitrogens with one attached hydrogen (secondary N) is 2. The largest absolute Gasteiger partial charge is 0.383 e. The van der Waals surface area contributed by atoms with Gasteiger partial charge in [-0.1, -0.05) is 18.2 Å². The monoisotopic (exact) mass is 260 g/mol. The SMILES string of the molecule is COCC(C)NC(=O)Cc1c(C)[nH]c2ccccc12. The molecule has 102 valence electrons. The summed E-state index contributed by atoms with van der Waals surface area (Å²) in [4.78, 5) is 15.3. The van der Waals surface area contributed by atoms with Crippen LogP contribution in [0.15, 0.2) is 24.3 Å². The number of aromatic nitrogens is 1. The minimum absolute atomic E-state index is 0.0254. The van der Waals surface area contributed by atoms with Gasteiger partial charge in [0.15, 0.2) is 0 Å². The number of carbonyl (C=O) groups excluding carboxylic acids is 1. The molecule has 1 atom stereocenters. The van der Waals surface area contributed by atoms with E-state index < -0.39 is 0 Å². The molecule has 0 bridgehead atoms. The molecule has 4 nitrogen and oxygen atoms in total. The van der Waals surface area contributed by atoms with Crippen LogP contribution in [0.2, 0.25) is 0 Å². The maximum atomic E-state index is 12.0. The van der Waals surface area contributed by atoms with E-state index in [4.69, 9.17) is 4.74 Å². The zero-order chi connectivity index (χ0) is 13.8. The minimum atomic E-state index is 0.0254. The van der Waals surface area contributed by atoms with Crippen molar-refractivity contribution in [2.75, 3.05) is 13.7 Å². The van der Waals surface area contributed by atoms with Crippen LogP contribution >= 0.6 is 0 Å². The molecule has 1 heterocycles. The Morgan fingerprint density at radius 3 is 2.89 bits per heavy atom. The fourth-order valence-electron chi connectivity index (χ4n) is 2.34. The Morgan fingerprint density at radius 1 is 1.42 bits per heavy atom. The maximum Gasteiger partial charge on any atom is 0.224 e. The van der Waals surface area contributed by atoms with Crippen LogP contribution in [-0.2, 0) is 16.0 Å². The summed E-state index contributed by atoms with van der Waals surface area (Å²) < 4.78 is 5.01. The highest BCUT2D eigenvalue weighted by Gasteiger charge is 2.13. The van der Waals surface area contributed by atoms with Crippen LogP contribution in [0.1, 0.15) is 18.2 Å². The van der Waals surface area contributed by atoms with Crippen LogP contribution in [0.4, 0.5) is 0 Å². The van der Waals surface area contributed by atoms with Gasteiger partial charge in [-0.15, -0.1) is 0 Å². The van der Waals surface area contributed by atoms with E-state index in [0.29, 0.717) is 13.0 Å². The fraction of sp³-hybridized carbons (Fsp3) is 0.400. The summed E-state index contributed by atoms with van der Waals surface area (Å²) in [6.45, 7) is 4.46. The molecule has 1 unspecified atom stereocenters. The molecule has 0 radical (unpaired) electrons. The summed E-state index contributed by atoms with van der Waals surface area (Å²) >= 11 is 0. The average Bonchev–Trinajstić information content (AvgIpc) is 2.66. The van der Waals surface area contributed by atoms with E-state index >= 15 is 0 Å². The number of carbonyl (C=O) groups is 1. The average molecular weight is 260 g/mol. The van der Waals surface area contributed by atoms with Gasteiger partial charge in [0.25, 0.3) is 0 Å². The van der Waals surface area contributed by atoms with Gasteiger partial charge >= 0.3 is 0 Å². The number of para-hydroxylation sites is 1. The summed E-state index contributed by atoms with van der Waals surface area (Å²) in [5.41, 5.74) is 3.20. The van der Waals surface area contributed by atoms with E-state index in [1.54, 1.807) is 7.11 Å². The van der Waals surface area contributed by atoms with Gasteiger partial charge in [0.1, 0.15) is 0 Å². The van der Waals surface area contributed by atoms with Crippen molar-refractivity contribution in [1.82, 2.24) is 10.3 Å². The number of hydrogen-bond acceptors (Lipinski definition) is 2. The quantitative estimate of drug-likeness (QED) is 0.865. The van der Waals surface area contributed by atoms with Gasteiger partial charge in [0.05, 0.1) is 13.0 Å². The Kier molecular flexibility index (Phi) is 4.22. The number of H-pyrrole nitrogens is 1. The first kappa shape index (κ1) is 13.6. The van der Waals surface area contributed by atoms with E-state index in [1.807, 2.05) is 38.1 Å². The normalized spacial score (nSPS) is 12.6. The minimum Gasteiger partial charge on any atom is -0.383 e. The van der Waals surface area contributed by atoms with Gasteiger partial charge in [0.2, 0.25) is 5.91 Å². The molecular formula is C15H20N2O2. The number of hydrogen-bond donors (Lipinski definition) is 2. The summed E-state index contributed by atoms with van der Waals surface area (Å²) in [7, 11) is 1.63. The number of aryl methyl sites for hydroxylation is 1. The number of rotatable bonds is 5. The molecule has 4 heteroatoms. The van der Waals surface area contributed by atoms with E-state index in [9.17, 15) is 4.79 Å². The highest BCUT2D eigenvalue weighted by molar-refractivity contribution is 5.90. The van der Waals surface area contributed by atoms with Crippen molar-refractivity contribution in [3.8, 4) is 0 Å². The standard InChI is InChI=1S/C15H20N2O2/c1-10(9-19-3)16-15(18)8-13-11(2)17-14-7-5-4-6-12(13)14/h4-7,10,17H,8-9H2,1-3H3,(H,16,18). The third-order valence-electron chi connectivity index (χ3n) is 3.19. The Labute approximate surface area is 113 Å². The second kappa shape index (κ2) is 5.89. The van der Waals surface area contributed by atoms with Gasteiger partial charge in [-0.3, -0.25) is 4.79 Å². The molecule has 0 spiro atoms. The molecule has 0 saturated carbocycles. The molecule has 0 aliphatic rings. The zero-order valence-electron chi connectivity index (χ0n) is 11.6. The Balaban J connectivity index is 2.13. The van der Waals surface area contributed by atoms with Gasteiger partial charge in [-0.25, -0.2) is 0 Å². The van der Waals surface area contributed by atoms with E-state index in [-0.39, 0.29) is 11.9 Å². The summed E-state index contributed by atoms with van der Waals surface area (Å²) in [6, 6.07) is 8.08. The highest BCUT2D eigenvalue weighted by atomic mass is 16.5. The predicted octanol–water partition coefficient (Wildman–Crippen LogP) is 2.17. The third-order valence-corrected chi connectivity index (χ3v) is 3.19. The Hall–Kier alpha value is -1.81. The fourth-order valence-corrected chi connectivity index (χ4v) is 2.34. The number of amides is 1. The lowest BCUT2D eigenvalue weighted by Gasteiger charge is -2.12. The smallest absolute Gasteiger partial charge is 0.224 e. The summed E-state index contributed by atoms with van der Waals surface area (Å²) in [6.07, 6.45) is 0.393. The lowest BCUT2D eigenvalue weighted by molar-refractivity contribution is -0.121. The van der Waals surface area contributed by atoms with Crippen LogP contribution < -0.4 is 5.32 Å². The van der Waals surface area contributed by atoms with Crippen LogP contribution in [0.5, 0.6) is 0 Å². The van der Waals surface area contributed by atoms with Crippen molar-refractivity contribution in [3.63, 3.8) is 0 Å². The molecule has 1 aromatic heterocycles. The molecular weight excluding hydrogens is 240 g/mol. The molecule has 0 aliphatic carbocycles. The van der Waals surface area contributed by atoms with Crippen molar-refractivity contribution in [3.05, 3.63) is 35.5 Å². The molecule has 2 aromatic rings. The first-order chi connectivity index (χ1) is 9.11. The van der Waals surface area contributed by atoms with Crippen LogP contribution in [0, 0.1) is 6.92 Å². The topological polar surface area (TPSA) is 54.1 Å². The number of fused-ring (bicyclic) bond motifs is 1. The highest BCUT2D eigenvalue weighted by Crippen LogP contribution is 2.22. The van der Waals surface area contributed by atoms with Crippen molar-refractivity contribution in [2.45, 2.75) is 26.3 Å². The summed E-state index contributed by atoms with van der Waals surface area (Å²) in [5.74, 6) is 0.0254. The molecule has 0 saturated heterocycles. The molecule has 19 heavy (non-hydrogen) atoms. The Morgan fingerprint density at radius 2 is 2.16 bits per heavy atom. The molecule has 2 rings (SSSR count). The molecule has 0 fully saturated rings. The molecule has 1 aromatic carbocycles. The van der Waals surface area contributed by atoms with E-state index in [0.717, 1.165) is 22.2 Å². The lowest BCUT2D eigenvalue weighted by Crippen LogP contribution is -2.36. The first-order valence-electron chi connectivity index (χ1n) is 6.46. The van der Waals surface area contributed by atoms with Crippen molar-refractivity contribution in [1.29, 1.82) is 0 Å². The predicted molar refractivity (Wildman–Crippen MR) is 76.2 cm³/mol. The van der Waals surface area contributed by atoms with E-state index in [2.05, 4.69) is 10.3 Å². The number of ether oxygens (including phenoxy) is 1. The van der Waals surface area contributed by atoms with Gasteiger partial charge in [0, 0.05) is 29.7 Å². The van der Waals surface area contributed by atoms with Gasteiger partial charge in [-0.2, -0.15) is 0 Å². The van der Waals surface area contributed by atoms with Gasteiger partial charge < -0.3 is 15.0 Å². The number of methoxy groups -OCH3 is 1. The second-order valence-corrected chi connectivity index (χ2v) is 4.87. The van der Waals surface area contributed by atoms with Crippen molar-refractivity contribution in [2.24, 2.45) is 0 Å². The van der Waals surface area contributed by atoms with Gasteiger partial charge in [-0.05, 0) is 25.5 Å². The third kappa shape index (κ3) is 3.15. The molecule has 1 amide bonds. The van der Waals surface area contributed by atoms with E-state index in [1.165, 1.54) is 0 Å². The number of benzene rings is 1. The van der Waals surface area contributed by atoms with Crippen molar-refractivity contribution >= 4 is 16.8 Å². The second-order valence-electron chi connectivity index (χ2n) is 4.87. The zero-order valence-corrected chi connectivity index (χ0v) is 11.6. The van der Waals surface area contributed by atoms with Crippen LogP contribution in [0.3, 0.4) is 0 Å². The molecule has 2 N–H and O–H groups in total. The molecule has 0 aliphatic heterocycles. The lowest BCUT2D eigenvalue weighted by atomic mass is 10.1. The maximum absolute atomic E-state index is 12.0. The van der Waals surface area contributed by atoms with Crippen molar-refractivity contribution < 1.29 is 9.53 Å². The Bertz CT molecular complexity index is 575. The number of aromatic amines is 1. The van der Waals surface area contributed by atoms with Crippen LogP contribution in [-0.4, -0.2) is 30.6 Å².